The van der Waals surface area contributed by atoms with E-state index in [4.69, 9.17) is 0 Å². The fraction of sp³-hybridized carbons (Fsp3) is 0.833. The predicted octanol–water partition coefficient (Wildman–Crippen LogP) is 8.63. The lowest BCUT2D eigenvalue weighted by Crippen LogP contribution is -2.52. The number of carbonyl (C=O) groups excluding carboxylic acids is 1. The van der Waals surface area contributed by atoms with Crippen molar-refractivity contribution in [3.63, 3.8) is 0 Å². The van der Waals surface area contributed by atoms with Crippen LogP contribution in [0, 0.1) is 52.3 Å². The molecule has 0 unspecified atom stereocenters. The smallest absolute Gasteiger partial charge is 0.220 e. The Balaban J connectivity index is 1.51. The van der Waals surface area contributed by atoms with E-state index in [1.807, 2.05) is 6.20 Å². The number of rotatable bonds is 6. The van der Waals surface area contributed by atoms with Gasteiger partial charge in [-0.3, -0.25) is 4.79 Å². The maximum absolute atomic E-state index is 11.5. The lowest BCUT2D eigenvalue weighted by atomic mass is 9.45. The summed E-state index contributed by atoms with van der Waals surface area (Å²) in [6.45, 7) is 14.2. The zero-order valence-corrected chi connectivity index (χ0v) is 23.6. The minimum absolute atomic E-state index is 0.0181. The van der Waals surface area contributed by atoms with Gasteiger partial charge >= 0.3 is 0 Å². The van der Waals surface area contributed by atoms with Crippen molar-refractivity contribution in [1.82, 2.24) is 5.32 Å². The second-order valence-electron chi connectivity index (χ2n) is 13.2. The van der Waals surface area contributed by atoms with Crippen LogP contribution in [0.5, 0.6) is 0 Å². The van der Waals surface area contributed by atoms with Crippen LogP contribution in [0.1, 0.15) is 106 Å². The van der Waals surface area contributed by atoms with Crippen LogP contribution in [-0.2, 0) is 4.79 Å². The predicted molar refractivity (Wildman–Crippen MR) is 143 cm³/mol. The first kappa shape index (κ1) is 25.5. The second kappa shape index (κ2) is 9.82. The minimum atomic E-state index is 0.0181. The van der Waals surface area contributed by atoms with Crippen molar-refractivity contribution in [1.29, 1.82) is 0 Å². The maximum Gasteiger partial charge on any atom is 0.220 e. The molecule has 0 aromatic carbocycles. The third-order valence-electron chi connectivity index (χ3n) is 10.8. The van der Waals surface area contributed by atoms with Gasteiger partial charge in [0.2, 0.25) is 5.91 Å². The Morgan fingerprint density at radius 1 is 1.09 bits per heavy atom. The second-order valence-corrected chi connectivity index (χ2v) is 14.0. The molecule has 0 aromatic heterocycles. The van der Waals surface area contributed by atoms with E-state index in [0.717, 1.165) is 41.9 Å². The molecule has 1 N–H and O–H groups in total. The molecule has 3 heteroatoms. The number of hydrogen-bond acceptors (Lipinski definition) is 1. The van der Waals surface area contributed by atoms with E-state index in [1.54, 1.807) is 6.92 Å². The molecule has 0 heterocycles. The normalized spacial score (nSPS) is 42.4. The van der Waals surface area contributed by atoms with Gasteiger partial charge in [0, 0.05) is 17.6 Å². The van der Waals surface area contributed by atoms with Gasteiger partial charge in [0.15, 0.2) is 0 Å². The summed E-state index contributed by atoms with van der Waals surface area (Å²) in [5.74, 6) is 5.96. The molecular formula is C30H48BrNO. The molecule has 0 spiro atoms. The first-order valence-electron chi connectivity index (χ1n) is 13.9. The van der Waals surface area contributed by atoms with Crippen LogP contribution in [-0.4, -0.2) is 5.91 Å². The monoisotopic (exact) mass is 517 g/mol. The fourth-order valence-electron chi connectivity index (χ4n) is 9.13. The van der Waals surface area contributed by atoms with Crippen LogP contribution in [0.3, 0.4) is 0 Å². The zero-order valence-electron chi connectivity index (χ0n) is 22.1. The molecule has 4 rings (SSSR count). The lowest BCUT2D eigenvalue weighted by molar-refractivity contribution is -0.118. The summed E-state index contributed by atoms with van der Waals surface area (Å²) in [4.78, 5) is 11.5. The van der Waals surface area contributed by atoms with Crippen molar-refractivity contribution in [2.45, 2.75) is 106 Å². The molecule has 1 amide bonds. The van der Waals surface area contributed by atoms with Gasteiger partial charge in [-0.1, -0.05) is 75.9 Å². The lowest BCUT2D eigenvalue weighted by Gasteiger charge is -2.60. The van der Waals surface area contributed by atoms with Crippen molar-refractivity contribution >= 4 is 21.8 Å². The van der Waals surface area contributed by atoms with Gasteiger partial charge in [0.1, 0.15) is 0 Å². The van der Waals surface area contributed by atoms with Crippen LogP contribution < -0.4 is 5.32 Å². The number of hydrogen-bond donors (Lipinski definition) is 1. The molecule has 186 valence electrons. The van der Waals surface area contributed by atoms with Crippen LogP contribution >= 0.6 is 15.9 Å². The van der Waals surface area contributed by atoms with Gasteiger partial charge in [0.05, 0.1) is 0 Å². The summed E-state index contributed by atoms with van der Waals surface area (Å²) >= 11 is 3.83. The van der Waals surface area contributed by atoms with Gasteiger partial charge in [-0.05, 0) is 103 Å². The summed E-state index contributed by atoms with van der Waals surface area (Å²) in [6, 6.07) is 0. The topological polar surface area (TPSA) is 29.1 Å². The Kier molecular flexibility index (Phi) is 7.60. The van der Waals surface area contributed by atoms with Crippen LogP contribution in [0.2, 0.25) is 0 Å². The summed E-state index contributed by atoms with van der Waals surface area (Å²) in [5, 5.41) is 2.94. The summed E-state index contributed by atoms with van der Waals surface area (Å²) in [7, 11) is 0. The molecule has 4 aliphatic carbocycles. The van der Waals surface area contributed by atoms with Crippen molar-refractivity contribution in [3.8, 4) is 0 Å². The fourth-order valence-corrected chi connectivity index (χ4v) is 9.71. The van der Waals surface area contributed by atoms with E-state index in [1.165, 1.54) is 67.8 Å². The van der Waals surface area contributed by atoms with Gasteiger partial charge in [-0.2, -0.15) is 0 Å². The van der Waals surface area contributed by atoms with E-state index in [9.17, 15) is 4.79 Å². The Bertz CT molecular complexity index is 799. The SMILES string of the molecule is CC(=O)N/C=C1/C[C@@]2(C)[C@H](C=C1Br)CC[C@@H]1[C@@H]2CC[C@]2(C)[C@@H]([C@H](C)CCCC(C)C)CC[C@@H]12. The van der Waals surface area contributed by atoms with Gasteiger partial charge in [0.25, 0.3) is 0 Å². The zero-order chi connectivity index (χ0) is 24.0. The Hall–Kier alpha value is -0.570. The summed E-state index contributed by atoms with van der Waals surface area (Å²) in [5.41, 5.74) is 2.16. The van der Waals surface area contributed by atoms with Gasteiger partial charge < -0.3 is 5.32 Å². The average Bonchev–Trinajstić information content (AvgIpc) is 3.09. The highest BCUT2D eigenvalue weighted by Gasteiger charge is 2.60. The Labute approximate surface area is 211 Å². The van der Waals surface area contributed by atoms with E-state index in [2.05, 4.69) is 61.9 Å². The minimum Gasteiger partial charge on any atom is -0.333 e. The Morgan fingerprint density at radius 2 is 1.82 bits per heavy atom. The van der Waals surface area contributed by atoms with E-state index >= 15 is 0 Å². The first-order valence-corrected chi connectivity index (χ1v) is 14.7. The molecule has 0 aromatic rings. The molecular weight excluding hydrogens is 470 g/mol. The molecule has 0 aliphatic heterocycles. The van der Waals surface area contributed by atoms with Crippen molar-refractivity contribution in [2.24, 2.45) is 52.3 Å². The molecule has 0 radical (unpaired) electrons. The number of carbonyl (C=O) groups is 1. The average molecular weight is 519 g/mol. The van der Waals surface area contributed by atoms with E-state index in [-0.39, 0.29) is 5.91 Å². The third kappa shape index (κ3) is 4.78. The molecule has 2 nitrogen and oxygen atoms in total. The molecule has 0 saturated heterocycles. The van der Waals surface area contributed by atoms with Crippen LogP contribution in [0.4, 0.5) is 0 Å². The summed E-state index contributed by atoms with van der Waals surface area (Å²) in [6.07, 6.45) is 18.3. The van der Waals surface area contributed by atoms with Crippen LogP contribution in [0.25, 0.3) is 0 Å². The number of halogens is 1. The molecule has 3 saturated carbocycles. The molecule has 33 heavy (non-hydrogen) atoms. The van der Waals surface area contributed by atoms with Crippen molar-refractivity contribution in [2.75, 3.05) is 0 Å². The van der Waals surface area contributed by atoms with E-state index < -0.39 is 0 Å². The molecule has 4 aliphatic rings. The van der Waals surface area contributed by atoms with Crippen molar-refractivity contribution < 1.29 is 4.79 Å². The number of fused-ring (bicyclic) bond motifs is 5. The van der Waals surface area contributed by atoms with Gasteiger partial charge in [-0.25, -0.2) is 0 Å². The highest BCUT2D eigenvalue weighted by atomic mass is 79.9. The number of allylic oxidation sites excluding steroid dienone is 3. The quantitative estimate of drug-likeness (QED) is 0.375. The van der Waals surface area contributed by atoms with Crippen molar-refractivity contribution in [3.05, 3.63) is 22.3 Å². The molecule has 3 fully saturated rings. The Morgan fingerprint density at radius 3 is 2.52 bits per heavy atom. The van der Waals surface area contributed by atoms with Crippen LogP contribution in [0.15, 0.2) is 22.3 Å². The van der Waals surface area contributed by atoms with Gasteiger partial charge in [-0.15, -0.1) is 0 Å². The molecule has 0 bridgehead atoms. The molecule has 8 atom stereocenters. The number of nitrogens with one attached hydrogen (secondary N) is 1. The van der Waals surface area contributed by atoms with E-state index in [0.29, 0.717) is 16.7 Å². The number of amides is 1. The summed E-state index contributed by atoms with van der Waals surface area (Å²) < 4.78 is 1.20. The standard InChI is InChI=1S/C30H48BrNO/c1-19(2)8-7-9-20(3)25-12-13-26-24-11-10-23-16-28(31)22(18-32-21(4)33)17-30(23,6)27(24)14-15-29(25,26)5/h16,18-20,23-27H,7-15,17H2,1-6H3,(H,32,33)/b22-18-/t20-,23+,24+,25-,26+,27+,29-,30+/m1/s1. The third-order valence-corrected chi connectivity index (χ3v) is 11.6. The maximum atomic E-state index is 11.5. The highest BCUT2D eigenvalue weighted by molar-refractivity contribution is 9.12. The first-order chi connectivity index (χ1) is 15.6. The largest absolute Gasteiger partial charge is 0.333 e. The highest BCUT2D eigenvalue weighted by Crippen LogP contribution is 2.68.